The highest BCUT2D eigenvalue weighted by Crippen LogP contribution is 2.42. The summed E-state index contributed by atoms with van der Waals surface area (Å²) < 4.78 is 18.7. The Balaban J connectivity index is 2.10. The molecule has 1 aromatic carbocycles. The number of anilines is 1. The smallest absolute Gasteiger partial charge is 0.338 e. The van der Waals surface area contributed by atoms with E-state index in [9.17, 15) is 4.79 Å². The summed E-state index contributed by atoms with van der Waals surface area (Å²) in [5, 5.41) is 7.45. The zero-order chi connectivity index (χ0) is 20.3. The fraction of sp³-hybridized carbons (Fsp3) is 0.421. The number of hydrogen-bond donors (Lipinski definition) is 1. The topological polar surface area (TPSA) is 87.5 Å². The van der Waals surface area contributed by atoms with E-state index in [1.165, 1.54) is 6.33 Å². The van der Waals surface area contributed by atoms with Gasteiger partial charge in [0.2, 0.25) is 5.95 Å². The van der Waals surface area contributed by atoms with Gasteiger partial charge in [0.05, 0.1) is 30.9 Å². The van der Waals surface area contributed by atoms with E-state index < -0.39 is 6.04 Å². The number of carbonyl (C=O) groups is 1. The first-order valence-electron chi connectivity index (χ1n) is 8.97. The molecule has 28 heavy (non-hydrogen) atoms. The highest BCUT2D eigenvalue weighted by molar-refractivity contribution is 9.10. The first-order chi connectivity index (χ1) is 13.5. The molecule has 3 rings (SSSR count). The Bertz CT molecular complexity index is 909. The lowest BCUT2D eigenvalue weighted by Gasteiger charge is -2.28. The van der Waals surface area contributed by atoms with Crippen molar-refractivity contribution in [1.82, 2.24) is 14.8 Å². The molecular weight excluding hydrogens is 428 g/mol. The molecule has 1 atom stereocenters. The van der Waals surface area contributed by atoms with Crippen LogP contribution in [0.3, 0.4) is 0 Å². The van der Waals surface area contributed by atoms with Gasteiger partial charge in [0.1, 0.15) is 12.4 Å². The number of benzene rings is 1. The number of rotatable bonds is 7. The monoisotopic (exact) mass is 450 g/mol. The molecule has 0 amide bonds. The third kappa shape index (κ3) is 3.71. The highest BCUT2D eigenvalue weighted by Gasteiger charge is 2.35. The molecule has 1 unspecified atom stereocenters. The van der Waals surface area contributed by atoms with Crippen LogP contribution in [0, 0.1) is 0 Å². The number of ether oxygens (including phenoxy) is 3. The summed E-state index contributed by atoms with van der Waals surface area (Å²) in [6, 6.07) is 3.21. The minimum absolute atomic E-state index is 0.374. The summed E-state index contributed by atoms with van der Waals surface area (Å²) in [6.07, 6.45) is 3.21. The molecule has 2 heterocycles. The minimum atomic E-state index is -0.510. The molecule has 0 saturated heterocycles. The Labute approximate surface area is 172 Å². The second-order valence-corrected chi connectivity index (χ2v) is 7.18. The second kappa shape index (κ2) is 8.64. The SMILES string of the molecule is CCCCOC(=O)C1=C(C)Nc2ncnn2C1c1cc(Br)c(OC)c(OC)c1. The van der Waals surface area contributed by atoms with Gasteiger partial charge >= 0.3 is 5.97 Å². The van der Waals surface area contributed by atoms with Crippen LogP contribution in [0.15, 0.2) is 34.2 Å². The third-order valence-electron chi connectivity index (χ3n) is 4.52. The van der Waals surface area contributed by atoms with Gasteiger partial charge in [0.25, 0.3) is 0 Å². The first kappa shape index (κ1) is 20.2. The summed E-state index contributed by atoms with van der Waals surface area (Å²) >= 11 is 3.52. The molecule has 150 valence electrons. The molecule has 0 bridgehead atoms. The molecule has 1 aromatic heterocycles. The summed E-state index contributed by atoms with van der Waals surface area (Å²) in [5.41, 5.74) is 1.95. The molecular formula is C19H23BrN4O4. The molecule has 0 aliphatic carbocycles. The number of fused-ring (bicyclic) bond motifs is 1. The van der Waals surface area contributed by atoms with Crippen molar-refractivity contribution in [1.29, 1.82) is 0 Å². The maximum absolute atomic E-state index is 12.9. The van der Waals surface area contributed by atoms with E-state index in [0.29, 0.717) is 39.8 Å². The van der Waals surface area contributed by atoms with E-state index in [1.807, 2.05) is 26.0 Å². The quantitative estimate of drug-likeness (QED) is 0.508. The number of hydrogen-bond acceptors (Lipinski definition) is 7. The van der Waals surface area contributed by atoms with Crippen LogP contribution in [0.4, 0.5) is 5.95 Å². The van der Waals surface area contributed by atoms with Crippen molar-refractivity contribution >= 4 is 27.8 Å². The normalized spacial score (nSPS) is 15.7. The van der Waals surface area contributed by atoms with Crippen LogP contribution in [0.1, 0.15) is 38.3 Å². The van der Waals surface area contributed by atoms with Crippen LogP contribution in [-0.2, 0) is 9.53 Å². The minimum Gasteiger partial charge on any atom is -0.493 e. The number of allylic oxidation sites excluding steroid dienone is 1. The number of nitrogens with one attached hydrogen (secondary N) is 1. The maximum Gasteiger partial charge on any atom is 0.338 e. The molecule has 2 aromatic rings. The lowest BCUT2D eigenvalue weighted by Crippen LogP contribution is -2.30. The Hall–Kier alpha value is -2.55. The van der Waals surface area contributed by atoms with Gasteiger partial charge in [-0.05, 0) is 47.0 Å². The van der Waals surface area contributed by atoms with Gasteiger partial charge in [-0.2, -0.15) is 10.1 Å². The van der Waals surface area contributed by atoms with Crippen LogP contribution in [-0.4, -0.2) is 41.6 Å². The van der Waals surface area contributed by atoms with Gasteiger partial charge in [-0.25, -0.2) is 9.48 Å². The number of halogens is 1. The van der Waals surface area contributed by atoms with Gasteiger partial charge in [0.15, 0.2) is 11.5 Å². The molecule has 1 aliphatic heterocycles. The maximum atomic E-state index is 12.9. The summed E-state index contributed by atoms with van der Waals surface area (Å²) in [4.78, 5) is 17.1. The molecule has 0 radical (unpaired) electrons. The van der Waals surface area contributed by atoms with Crippen molar-refractivity contribution in [2.45, 2.75) is 32.7 Å². The number of unbranched alkanes of at least 4 members (excludes halogenated alkanes) is 1. The molecule has 1 aliphatic rings. The lowest BCUT2D eigenvalue weighted by molar-refractivity contribution is -0.139. The first-order valence-corrected chi connectivity index (χ1v) is 9.76. The summed E-state index contributed by atoms with van der Waals surface area (Å²) in [5.74, 6) is 1.30. The van der Waals surface area contributed by atoms with Crippen molar-refractivity contribution < 1.29 is 19.0 Å². The van der Waals surface area contributed by atoms with Gasteiger partial charge < -0.3 is 19.5 Å². The van der Waals surface area contributed by atoms with Gasteiger partial charge in [0, 0.05) is 5.70 Å². The van der Waals surface area contributed by atoms with E-state index in [0.717, 1.165) is 18.4 Å². The highest BCUT2D eigenvalue weighted by atomic mass is 79.9. The number of nitrogens with zero attached hydrogens (tertiary/aromatic N) is 3. The second-order valence-electron chi connectivity index (χ2n) is 6.32. The van der Waals surface area contributed by atoms with Crippen LogP contribution in [0.5, 0.6) is 11.5 Å². The van der Waals surface area contributed by atoms with E-state index in [-0.39, 0.29) is 5.97 Å². The van der Waals surface area contributed by atoms with Crippen molar-refractivity contribution in [2.24, 2.45) is 0 Å². The molecule has 0 spiro atoms. The lowest BCUT2D eigenvalue weighted by atomic mass is 9.95. The predicted octanol–water partition coefficient (Wildman–Crippen LogP) is 3.69. The van der Waals surface area contributed by atoms with Gasteiger partial charge in [-0.1, -0.05) is 13.3 Å². The Morgan fingerprint density at radius 2 is 2.11 bits per heavy atom. The van der Waals surface area contributed by atoms with E-state index in [4.69, 9.17) is 14.2 Å². The Morgan fingerprint density at radius 3 is 2.79 bits per heavy atom. The zero-order valence-electron chi connectivity index (χ0n) is 16.3. The van der Waals surface area contributed by atoms with Crippen LogP contribution in [0.25, 0.3) is 0 Å². The number of methoxy groups -OCH3 is 2. The van der Waals surface area contributed by atoms with Gasteiger partial charge in [-0.15, -0.1) is 0 Å². The van der Waals surface area contributed by atoms with Crippen LogP contribution in [0.2, 0.25) is 0 Å². The number of esters is 1. The van der Waals surface area contributed by atoms with Crippen molar-refractivity contribution in [2.75, 3.05) is 26.1 Å². The predicted molar refractivity (Wildman–Crippen MR) is 108 cm³/mol. The average Bonchev–Trinajstić information content (AvgIpc) is 3.14. The van der Waals surface area contributed by atoms with E-state index in [1.54, 1.807) is 18.9 Å². The van der Waals surface area contributed by atoms with E-state index in [2.05, 4.69) is 31.3 Å². The summed E-state index contributed by atoms with van der Waals surface area (Å²) in [6.45, 7) is 4.25. The van der Waals surface area contributed by atoms with Crippen molar-refractivity contribution in [3.8, 4) is 11.5 Å². The third-order valence-corrected chi connectivity index (χ3v) is 5.11. The van der Waals surface area contributed by atoms with E-state index >= 15 is 0 Å². The molecule has 1 N–H and O–H groups in total. The van der Waals surface area contributed by atoms with Crippen LogP contribution >= 0.6 is 15.9 Å². The number of aromatic nitrogens is 3. The average molecular weight is 451 g/mol. The summed E-state index contributed by atoms with van der Waals surface area (Å²) in [7, 11) is 3.14. The standard InChI is InChI=1S/C19H23BrN4O4/c1-5-6-7-28-18(25)15-11(2)23-19-21-10-22-24(19)16(15)12-8-13(20)17(27-4)14(9-12)26-3/h8-10,16H,5-7H2,1-4H3,(H,21,22,23). The fourth-order valence-corrected chi connectivity index (χ4v) is 3.77. The molecule has 0 saturated carbocycles. The van der Waals surface area contributed by atoms with Gasteiger partial charge in [-0.3, -0.25) is 0 Å². The molecule has 9 heteroatoms. The Morgan fingerprint density at radius 1 is 1.32 bits per heavy atom. The van der Waals surface area contributed by atoms with Crippen molar-refractivity contribution in [3.63, 3.8) is 0 Å². The Kier molecular flexibility index (Phi) is 6.23. The number of carbonyl (C=O) groups excluding carboxylic acids is 1. The largest absolute Gasteiger partial charge is 0.493 e. The zero-order valence-corrected chi connectivity index (χ0v) is 17.9. The molecule has 8 nitrogen and oxygen atoms in total. The molecule has 0 fully saturated rings. The fourth-order valence-electron chi connectivity index (χ4n) is 3.15. The van der Waals surface area contributed by atoms with Crippen LogP contribution < -0.4 is 14.8 Å². The van der Waals surface area contributed by atoms with Crippen molar-refractivity contribution in [3.05, 3.63) is 39.8 Å².